The molecule has 0 saturated heterocycles. The lowest BCUT2D eigenvalue weighted by molar-refractivity contribution is 1.27. The Morgan fingerprint density at radius 3 is 2.25 bits per heavy atom. The van der Waals surface area contributed by atoms with Crippen molar-refractivity contribution < 1.29 is 0 Å². The first-order chi connectivity index (χ1) is 1.91. The summed E-state index contributed by atoms with van der Waals surface area (Å²) in [4.78, 5) is 0. The van der Waals surface area contributed by atoms with Crippen molar-refractivity contribution in [1.82, 2.24) is 5.23 Å². The van der Waals surface area contributed by atoms with Crippen molar-refractivity contribution in [2.75, 3.05) is 7.05 Å². The minimum absolute atomic E-state index is 1.84. The van der Waals surface area contributed by atoms with Gasteiger partial charge in [-0.15, -0.1) is 22.4 Å². The number of hydrogen-bond acceptors (Lipinski definition) is 1. The molecule has 0 unspecified atom stereocenters. The van der Waals surface area contributed by atoms with Crippen LogP contribution in [0, 0.1) is 0 Å². The van der Waals surface area contributed by atoms with Crippen LogP contribution >= 0.6 is 22.4 Å². The van der Waals surface area contributed by atoms with Gasteiger partial charge < -0.3 is 5.23 Å². The van der Waals surface area contributed by atoms with Crippen LogP contribution in [0.2, 0.25) is 0 Å². The van der Waals surface area contributed by atoms with Gasteiger partial charge in [0.1, 0.15) is 0 Å². The van der Waals surface area contributed by atoms with E-state index in [1.807, 2.05) is 12.3 Å². The van der Waals surface area contributed by atoms with Crippen molar-refractivity contribution in [3.8, 4) is 0 Å². The molecular formula is CH4BIN. The molecule has 0 aliphatic rings. The summed E-state index contributed by atoms with van der Waals surface area (Å²) < 4.78 is 0. The maximum Gasteiger partial charge on any atom is 0.292 e. The Labute approximate surface area is 40.3 Å². The molecule has 1 nitrogen and oxygen atoms in total. The third kappa shape index (κ3) is 2.75. The third-order valence-electron chi connectivity index (χ3n) is 0.109. The maximum atomic E-state index is 2.79. The molecule has 0 saturated carbocycles. The first-order valence-corrected chi connectivity index (χ1v) is 2.25. The summed E-state index contributed by atoms with van der Waals surface area (Å²) in [6.45, 7) is 0. The van der Waals surface area contributed by atoms with Gasteiger partial charge in [0.15, 0.2) is 0 Å². The van der Waals surface area contributed by atoms with E-state index in [0.717, 1.165) is 0 Å². The van der Waals surface area contributed by atoms with Gasteiger partial charge in [0, 0.05) is 0 Å². The SMILES string of the molecule is CN[B]I. The first kappa shape index (κ1) is 4.75. The Kier molecular flexibility index (Phi) is 4.46. The molecule has 0 rings (SSSR count). The fourth-order valence-electron chi connectivity index (χ4n) is 0. The zero-order valence-electron chi connectivity index (χ0n) is 2.46. The van der Waals surface area contributed by atoms with E-state index in [4.69, 9.17) is 0 Å². The standard InChI is InChI=1S/CH4BIN/c1-4-2-3/h4H,1H3. The highest BCUT2D eigenvalue weighted by Crippen LogP contribution is 1.60. The molecule has 0 atom stereocenters. The fourth-order valence-corrected chi connectivity index (χ4v) is 0. The molecule has 0 aliphatic carbocycles. The average molecular weight is 168 g/mol. The van der Waals surface area contributed by atoms with Gasteiger partial charge in [-0.2, -0.15) is 0 Å². The Bertz CT molecular complexity index is 10.0. The van der Waals surface area contributed by atoms with E-state index in [9.17, 15) is 0 Å². The number of nitrogens with one attached hydrogen (secondary N) is 1. The van der Waals surface area contributed by atoms with E-state index >= 15 is 0 Å². The Balaban J connectivity index is 1.97. The molecule has 4 heavy (non-hydrogen) atoms. The fraction of sp³-hybridized carbons (Fsp3) is 1.00. The molecular weight excluding hydrogens is 164 g/mol. The molecule has 0 aromatic carbocycles. The number of rotatable bonds is 1. The summed E-state index contributed by atoms with van der Waals surface area (Å²) >= 11 is 2.12. The van der Waals surface area contributed by atoms with E-state index in [1.165, 1.54) is 0 Å². The molecule has 0 heterocycles. The van der Waals surface area contributed by atoms with E-state index in [-0.39, 0.29) is 0 Å². The number of hydrogen-bond donors (Lipinski definition) is 1. The summed E-state index contributed by atoms with van der Waals surface area (Å²) in [6, 6.07) is 0. The van der Waals surface area contributed by atoms with Gasteiger partial charge in [0.2, 0.25) is 0 Å². The van der Waals surface area contributed by atoms with Crippen LogP contribution in [0.3, 0.4) is 0 Å². The predicted molar refractivity (Wildman–Crippen MR) is 28.8 cm³/mol. The molecule has 0 aromatic heterocycles. The van der Waals surface area contributed by atoms with Crippen LogP contribution < -0.4 is 5.23 Å². The molecule has 0 bridgehead atoms. The van der Waals surface area contributed by atoms with Gasteiger partial charge in [-0.05, 0) is 7.05 Å². The minimum Gasteiger partial charge on any atom is -0.353 e. The molecule has 0 aliphatic heterocycles. The van der Waals surface area contributed by atoms with E-state index in [0.29, 0.717) is 0 Å². The lowest BCUT2D eigenvalue weighted by Gasteiger charge is -1.69. The topological polar surface area (TPSA) is 12.0 Å². The van der Waals surface area contributed by atoms with Crippen molar-refractivity contribution in [2.45, 2.75) is 0 Å². The summed E-state index contributed by atoms with van der Waals surface area (Å²) in [7, 11) is 1.87. The van der Waals surface area contributed by atoms with Crippen LogP contribution in [0.25, 0.3) is 0 Å². The molecule has 0 fully saturated rings. The highest BCUT2D eigenvalue weighted by atomic mass is 127. The first-order valence-electron chi connectivity index (χ1n) is 1.01. The Morgan fingerprint density at radius 1 is 2.00 bits per heavy atom. The lowest BCUT2D eigenvalue weighted by atomic mass is 10.5. The van der Waals surface area contributed by atoms with E-state index < -0.39 is 0 Å². The summed E-state index contributed by atoms with van der Waals surface area (Å²) in [5.74, 6) is 0. The van der Waals surface area contributed by atoms with Crippen molar-refractivity contribution in [1.29, 1.82) is 0 Å². The maximum absolute atomic E-state index is 2.79. The third-order valence-corrected chi connectivity index (χ3v) is 0.732. The largest absolute Gasteiger partial charge is 0.353 e. The molecule has 0 amide bonds. The molecule has 1 N–H and O–H groups in total. The number of halogens is 1. The second-order valence-corrected chi connectivity index (χ2v) is 1.02. The van der Waals surface area contributed by atoms with Crippen LogP contribution in [0.15, 0.2) is 0 Å². The smallest absolute Gasteiger partial charge is 0.292 e. The summed E-state index contributed by atoms with van der Waals surface area (Å²) in [6.07, 6.45) is 0. The zero-order chi connectivity index (χ0) is 3.41. The normalized spacial score (nSPS) is 6.50. The summed E-state index contributed by atoms with van der Waals surface area (Å²) in [5, 5.41) is 4.64. The van der Waals surface area contributed by atoms with Crippen LogP contribution in [0.5, 0.6) is 0 Å². The highest BCUT2D eigenvalue weighted by Gasteiger charge is 1.61. The monoisotopic (exact) mass is 168 g/mol. The molecule has 3 heteroatoms. The quantitative estimate of drug-likeness (QED) is 0.434. The minimum atomic E-state index is 1.84. The zero-order valence-corrected chi connectivity index (χ0v) is 4.61. The molecule has 23 valence electrons. The second-order valence-electron chi connectivity index (χ2n) is 0.398. The van der Waals surface area contributed by atoms with Gasteiger partial charge in [-0.3, -0.25) is 0 Å². The highest BCUT2D eigenvalue weighted by molar-refractivity contribution is 14.1. The molecule has 0 aromatic rings. The van der Waals surface area contributed by atoms with Gasteiger partial charge >= 0.3 is 0 Å². The van der Waals surface area contributed by atoms with Crippen LogP contribution in [-0.2, 0) is 0 Å². The van der Waals surface area contributed by atoms with Crippen LogP contribution in [0.4, 0.5) is 0 Å². The van der Waals surface area contributed by atoms with Crippen molar-refractivity contribution in [3.63, 3.8) is 0 Å². The molecule has 0 spiro atoms. The summed E-state index contributed by atoms with van der Waals surface area (Å²) in [5.41, 5.74) is 0. The van der Waals surface area contributed by atoms with Gasteiger partial charge in [-0.1, -0.05) is 0 Å². The van der Waals surface area contributed by atoms with Gasteiger partial charge in [-0.25, -0.2) is 0 Å². The van der Waals surface area contributed by atoms with Crippen LogP contribution in [0.1, 0.15) is 0 Å². The van der Waals surface area contributed by atoms with E-state index in [1.54, 1.807) is 0 Å². The van der Waals surface area contributed by atoms with Gasteiger partial charge in [0.05, 0.1) is 0 Å². The Hall–Kier alpha value is 0.755. The van der Waals surface area contributed by atoms with Crippen molar-refractivity contribution in [3.05, 3.63) is 0 Å². The van der Waals surface area contributed by atoms with Crippen molar-refractivity contribution >= 4 is 27.6 Å². The second kappa shape index (κ2) is 3.75. The Morgan fingerprint density at radius 2 is 2.25 bits per heavy atom. The van der Waals surface area contributed by atoms with Crippen molar-refractivity contribution in [2.24, 2.45) is 0 Å². The van der Waals surface area contributed by atoms with E-state index in [2.05, 4.69) is 27.6 Å². The average Bonchev–Trinajstić information content (AvgIpc) is 1.37. The van der Waals surface area contributed by atoms with Crippen LogP contribution in [-0.4, -0.2) is 12.3 Å². The predicted octanol–water partition coefficient (Wildman–Crippen LogP) is 0.175. The molecule has 1 radical (unpaired) electrons. The van der Waals surface area contributed by atoms with Gasteiger partial charge in [0.25, 0.3) is 5.27 Å². The lowest BCUT2D eigenvalue weighted by Crippen LogP contribution is -2.03.